The Bertz CT molecular complexity index is 1320. The third-order valence-electron chi connectivity index (χ3n) is 5.95. The Morgan fingerprint density at radius 3 is 1.73 bits per heavy atom. The second-order valence-electron chi connectivity index (χ2n) is 7.73. The van der Waals surface area contributed by atoms with Crippen LogP contribution in [0.3, 0.4) is 0 Å². The lowest BCUT2D eigenvalue weighted by atomic mass is 9.77. The maximum Gasteiger partial charge on any atom is 0.337 e. The van der Waals surface area contributed by atoms with Crippen molar-refractivity contribution in [2.75, 3.05) is 7.11 Å². The molecule has 0 atom stereocenters. The lowest BCUT2D eigenvalue weighted by Gasteiger charge is -2.37. The molecule has 0 saturated heterocycles. The summed E-state index contributed by atoms with van der Waals surface area (Å²) in [6.45, 7) is 0. The van der Waals surface area contributed by atoms with Crippen LogP contribution in [0.4, 0.5) is 0 Å². The summed E-state index contributed by atoms with van der Waals surface area (Å²) in [5.74, 6) is -0.378. The highest BCUT2D eigenvalue weighted by atomic mass is 79.9. The van der Waals surface area contributed by atoms with E-state index in [1.165, 1.54) is 7.11 Å². The number of hydrogen-bond acceptors (Lipinski definition) is 3. The van der Waals surface area contributed by atoms with Crippen molar-refractivity contribution in [3.8, 4) is 0 Å². The van der Waals surface area contributed by atoms with Crippen LogP contribution in [0.15, 0.2) is 114 Å². The first kappa shape index (κ1) is 21.2. The summed E-state index contributed by atoms with van der Waals surface area (Å²) in [6.07, 6.45) is 0. The highest BCUT2D eigenvalue weighted by Crippen LogP contribution is 2.43. The zero-order valence-corrected chi connectivity index (χ0v) is 19.6. The standard InChI is InChI=1S/C28H21BrN2O2/c1-33-27(32)20-17-18-25-24(19-20)26(29)30-31(25)28(21-11-5-2-6-12-21,22-13-7-3-8-14-22)23-15-9-4-10-16-23/h2-19H,1H3. The maximum absolute atomic E-state index is 12.2. The van der Waals surface area contributed by atoms with E-state index in [0.717, 1.165) is 27.6 Å². The molecular formula is C28H21BrN2O2. The van der Waals surface area contributed by atoms with E-state index < -0.39 is 5.54 Å². The lowest BCUT2D eigenvalue weighted by Crippen LogP contribution is -2.38. The summed E-state index contributed by atoms with van der Waals surface area (Å²) < 4.78 is 7.64. The smallest absolute Gasteiger partial charge is 0.337 e. The molecule has 33 heavy (non-hydrogen) atoms. The van der Waals surface area contributed by atoms with Crippen LogP contribution in [0.2, 0.25) is 0 Å². The molecule has 5 heteroatoms. The largest absolute Gasteiger partial charge is 0.465 e. The minimum atomic E-state index is -0.735. The molecule has 0 amide bonds. The van der Waals surface area contributed by atoms with Crippen molar-refractivity contribution in [1.29, 1.82) is 0 Å². The van der Waals surface area contributed by atoms with E-state index in [-0.39, 0.29) is 5.97 Å². The summed E-state index contributed by atoms with van der Waals surface area (Å²) in [7, 11) is 1.39. The SMILES string of the molecule is COC(=O)c1ccc2c(c1)c(Br)nn2C(c1ccccc1)(c1ccccc1)c1ccccc1. The second kappa shape index (κ2) is 8.68. The molecule has 4 aromatic carbocycles. The van der Waals surface area contributed by atoms with E-state index in [9.17, 15) is 4.79 Å². The minimum absolute atomic E-state index is 0.378. The number of methoxy groups -OCH3 is 1. The molecule has 4 nitrogen and oxygen atoms in total. The molecule has 5 aromatic rings. The molecule has 0 aliphatic carbocycles. The number of ether oxygens (including phenoxy) is 1. The summed E-state index contributed by atoms with van der Waals surface area (Å²) in [4.78, 5) is 12.2. The molecule has 162 valence electrons. The van der Waals surface area contributed by atoms with Gasteiger partial charge >= 0.3 is 5.97 Å². The summed E-state index contributed by atoms with van der Waals surface area (Å²) in [6, 6.07) is 36.7. The Kier molecular flexibility index (Phi) is 5.56. The van der Waals surface area contributed by atoms with Gasteiger partial charge in [0.25, 0.3) is 0 Å². The Labute approximate surface area is 200 Å². The Balaban J connectivity index is 1.92. The van der Waals surface area contributed by atoms with Crippen LogP contribution in [0, 0.1) is 0 Å². The predicted octanol–water partition coefficient (Wildman–Crippen LogP) is 6.43. The van der Waals surface area contributed by atoms with E-state index in [2.05, 4.69) is 52.3 Å². The van der Waals surface area contributed by atoms with E-state index >= 15 is 0 Å². The van der Waals surface area contributed by atoms with Gasteiger partial charge in [0.1, 0.15) is 10.1 Å². The highest BCUT2D eigenvalue weighted by Gasteiger charge is 2.40. The van der Waals surface area contributed by atoms with Crippen molar-refractivity contribution >= 4 is 32.8 Å². The van der Waals surface area contributed by atoms with Gasteiger partial charge < -0.3 is 4.74 Å². The van der Waals surface area contributed by atoms with E-state index in [1.807, 2.05) is 71.4 Å². The molecule has 0 radical (unpaired) electrons. The van der Waals surface area contributed by atoms with Gasteiger partial charge in [-0.2, -0.15) is 5.10 Å². The first-order chi connectivity index (χ1) is 16.2. The topological polar surface area (TPSA) is 44.1 Å². The molecule has 0 fully saturated rings. The van der Waals surface area contributed by atoms with Crippen molar-refractivity contribution in [2.24, 2.45) is 0 Å². The van der Waals surface area contributed by atoms with Gasteiger partial charge in [-0.25, -0.2) is 9.48 Å². The molecule has 5 rings (SSSR count). The number of rotatable bonds is 5. The van der Waals surface area contributed by atoms with Crippen molar-refractivity contribution < 1.29 is 9.53 Å². The first-order valence-corrected chi connectivity index (χ1v) is 11.4. The van der Waals surface area contributed by atoms with Gasteiger partial charge in [-0.05, 0) is 50.8 Å². The van der Waals surface area contributed by atoms with Gasteiger partial charge in [0.05, 0.1) is 18.2 Å². The van der Waals surface area contributed by atoms with Gasteiger partial charge in [0.15, 0.2) is 0 Å². The van der Waals surface area contributed by atoms with Gasteiger partial charge in [-0.15, -0.1) is 0 Å². The molecule has 0 aliphatic heterocycles. The average molecular weight is 497 g/mol. The summed E-state index contributed by atoms with van der Waals surface area (Å²) in [5.41, 5.74) is 3.88. The van der Waals surface area contributed by atoms with Crippen LogP contribution in [0.25, 0.3) is 10.9 Å². The van der Waals surface area contributed by atoms with E-state index in [1.54, 1.807) is 6.07 Å². The zero-order valence-electron chi connectivity index (χ0n) is 18.0. The Morgan fingerprint density at radius 2 is 1.27 bits per heavy atom. The molecule has 1 aromatic heterocycles. The quantitative estimate of drug-likeness (QED) is 0.208. The van der Waals surface area contributed by atoms with Gasteiger partial charge in [0.2, 0.25) is 0 Å². The van der Waals surface area contributed by atoms with Crippen molar-refractivity contribution in [3.05, 3.63) is 136 Å². The molecule has 0 saturated carbocycles. The monoisotopic (exact) mass is 496 g/mol. The number of benzene rings is 4. The lowest BCUT2D eigenvalue weighted by molar-refractivity contribution is 0.0601. The summed E-state index contributed by atoms with van der Waals surface area (Å²) in [5, 5.41) is 5.84. The van der Waals surface area contributed by atoms with E-state index in [0.29, 0.717) is 10.2 Å². The Hall–Kier alpha value is -3.70. The van der Waals surface area contributed by atoms with Crippen LogP contribution in [0.5, 0.6) is 0 Å². The minimum Gasteiger partial charge on any atom is -0.465 e. The van der Waals surface area contributed by atoms with Crippen LogP contribution in [-0.2, 0) is 10.3 Å². The molecule has 1 heterocycles. The molecule has 0 aliphatic rings. The zero-order chi connectivity index (χ0) is 22.8. The van der Waals surface area contributed by atoms with E-state index in [4.69, 9.17) is 9.84 Å². The van der Waals surface area contributed by atoms with Crippen LogP contribution in [0.1, 0.15) is 27.0 Å². The van der Waals surface area contributed by atoms with Crippen LogP contribution in [-0.4, -0.2) is 22.9 Å². The van der Waals surface area contributed by atoms with Crippen LogP contribution >= 0.6 is 15.9 Å². The second-order valence-corrected chi connectivity index (χ2v) is 8.49. The number of nitrogens with zero attached hydrogens (tertiary/aromatic N) is 2. The van der Waals surface area contributed by atoms with Crippen molar-refractivity contribution in [3.63, 3.8) is 0 Å². The number of esters is 1. The fourth-order valence-corrected chi connectivity index (χ4v) is 4.96. The fraction of sp³-hybridized carbons (Fsp3) is 0.0714. The van der Waals surface area contributed by atoms with Crippen LogP contribution < -0.4 is 0 Å². The molecule has 0 bridgehead atoms. The summed E-state index contributed by atoms with van der Waals surface area (Å²) >= 11 is 3.65. The van der Waals surface area contributed by atoms with Crippen molar-refractivity contribution in [2.45, 2.75) is 5.54 Å². The van der Waals surface area contributed by atoms with Gasteiger partial charge in [-0.1, -0.05) is 91.0 Å². The number of fused-ring (bicyclic) bond motifs is 1. The van der Waals surface area contributed by atoms with Gasteiger partial charge in [-0.3, -0.25) is 0 Å². The number of carbonyl (C=O) groups is 1. The number of carbonyl (C=O) groups excluding carboxylic acids is 1. The fourth-order valence-electron chi connectivity index (χ4n) is 4.49. The normalized spacial score (nSPS) is 11.5. The number of aromatic nitrogens is 2. The van der Waals surface area contributed by atoms with Gasteiger partial charge in [0, 0.05) is 5.39 Å². The first-order valence-electron chi connectivity index (χ1n) is 10.6. The molecular weight excluding hydrogens is 476 g/mol. The highest BCUT2D eigenvalue weighted by molar-refractivity contribution is 9.10. The number of halogens is 1. The average Bonchev–Trinajstić information content (AvgIpc) is 3.22. The Morgan fingerprint density at radius 1 is 0.788 bits per heavy atom. The molecule has 0 spiro atoms. The molecule has 0 N–H and O–H groups in total. The number of hydrogen-bond donors (Lipinski definition) is 0. The van der Waals surface area contributed by atoms with Crippen molar-refractivity contribution in [1.82, 2.24) is 9.78 Å². The third-order valence-corrected chi connectivity index (χ3v) is 6.53. The third kappa shape index (κ3) is 3.45. The predicted molar refractivity (Wildman–Crippen MR) is 133 cm³/mol. The maximum atomic E-state index is 12.2. The molecule has 0 unspecified atom stereocenters.